The molecular formula is C13H9F3N4. The van der Waals surface area contributed by atoms with Crippen molar-refractivity contribution in [3.8, 4) is 11.4 Å². The van der Waals surface area contributed by atoms with Crippen molar-refractivity contribution in [1.29, 1.82) is 0 Å². The minimum Gasteiger partial charge on any atom is -0.396 e. The van der Waals surface area contributed by atoms with Gasteiger partial charge in [-0.15, -0.1) is 5.10 Å². The minimum absolute atomic E-state index is 0.00387. The molecule has 0 radical (unpaired) electrons. The highest BCUT2D eigenvalue weighted by Gasteiger charge is 2.34. The molecule has 0 aliphatic rings. The zero-order valence-corrected chi connectivity index (χ0v) is 10.1. The summed E-state index contributed by atoms with van der Waals surface area (Å²) in [6.07, 6.45) is -2.88. The molecule has 7 heteroatoms. The van der Waals surface area contributed by atoms with E-state index in [1.54, 1.807) is 18.3 Å². The van der Waals surface area contributed by atoms with E-state index in [-0.39, 0.29) is 11.4 Å². The van der Waals surface area contributed by atoms with Crippen molar-refractivity contribution >= 4 is 11.3 Å². The number of aromatic nitrogens is 3. The van der Waals surface area contributed by atoms with Crippen LogP contribution in [0.2, 0.25) is 0 Å². The molecule has 0 saturated carbocycles. The first kappa shape index (κ1) is 12.5. The number of halogens is 3. The Hall–Kier alpha value is -2.57. The molecule has 0 aliphatic carbocycles. The number of hydrogen-bond donors (Lipinski definition) is 1. The van der Waals surface area contributed by atoms with Gasteiger partial charge in [0.25, 0.3) is 0 Å². The Balaban J connectivity index is 2.24. The Morgan fingerprint density at radius 1 is 1.05 bits per heavy atom. The summed E-state index contributed by atoms with van der Waals surface area (Å²) in [5.41, 5.74) is 5.58. The highest BCUT2D eigenvalue weighted by Crippen LogP contribution is 2.36. The van der Waals surface area contributed by atoms with Crippen LogP contribution < -0.4 is 5.73 Å². The van der Waals surface area contributed by atoms with Crippen LogP contribution in [0.15, 0.2) is 42.6 Å². The molecule has 0 bridgehead atoms. The van der Waals surface area contributed by atoms with E-state index in [1.807, 2.05) is 0 Å². The summed E-state index contributed by atoms with van der Waals surface area (Å²) in [6, 6.07) is 8.45. The Labute approximate surface area is 111 Å². The van der Waals surface area contributed by atoms with Gasteiger partial charge in [-0.1, -0.05) is 18.2 Å². The number of hydrogen-bond acceptors (Lipinski definition) is 3. The largest absolute Gasteiger partial charge is 0.417 e. The summed E-state index contributed by atoms with van der Waals surface area (Å²) < 4.78 is 40.3. The van der Waals surface area contributed by atoms with E-state index in [2.05, 4.69) is 10.1 Å². The van der Waals surface area contributed by atoms with E-state index < -0.39 is 11.7 Å². The molecule has 2 aromatic heterocycles. The van der Waals surface area contributed by atoms with Crippen molar-refractivity contribution in [2.45, 2.75) is 6.18 Å². The van der Waals surface area contributed by atoms with Gasteiger partial charge in [0, 0.05) is 11.8 Å². The molecule has 3 rings (SSSR count). The van der Waals surface area contributed by atoms with Gasteiger partial charge in [0.05, 0.1) is 11.3 Å². The molecule has 20 heavy (non-hydrogen) atoms. The van der Waals surface area contributed by atoms with E-state index in [0.717, 1.165) is 6.07 Å². The normalized spacial score (nSPS) is 11.9. The quantitative estimate of drug-likeness (QED) is 0.744. The maximum absolute atomic E-state index is 13.0. The van der Waals surface area contributed by atoms with Gasteiger partial charge in [0.15, 0.2) is 11.5 Å². The number of nitrogens with zero attached hydrogens (tertiary/aromatic N) is 3. The third-order valence-corrected chi connectivity index (χ3v) is 2.87. The topological polar surface area (TPSA) is 56.2 Å². The number of fused-ring (bicyclic) bond motifs is 1. The molecule has 0 unspecified atom stereocenters. The maximum atomic E-state index is 13.0. The van der Waals surface area contributed by atoms with E-state index in [9.17, 15) is 13.2 Å². The number of alkyl halides is 3. The zero-order valence-electron chi connectivity index (χ0n) is 10.1. The number of nitrogen functional groups attached to an aromatic ring is 1. The molecule has 4 nitrogen and oxygen atoms in total. The second kappa shape index (κ2) is 4.22. The SMILES string of the molecule is Nc1cccn2nc(-c3ccccc3C(F)(F)F)nc12. The van der Waals surface area contributed by atoms with Crippen LogP contribution in [0.4, 0.5) is 18.9 Å². The van der Waals surface area contributed by atoms with Crippen LogP contribution >= 0.6 is 0 Å². The summed E-state index contributed by atoms with van der Waals surface area (Å²) in [5.74, 6) is -0.00387. The Bertz CT molecular complexity index is 777. The van der Waals surface area contributed by atoms with Gasteiger partial charge in [-0.05, 0) is 18.2 Å². The van der Waals surface area contributed by atoms with Crippen LogP contribution in [-0.2, 0) is 6.18 Å². The van der Waals surface area contributed by atoms with Gasteiger partial charge >= 0.3 is 6.18 Å². The molecule has 102 valence electrons. The number of rotatable bonds is 1. The highest BCUT2D eigenvalue weighted by molar-refractivity contribution is 5.69. The van der Waals surface area contributed by atoms with Gasteiger partial charge in [0.2, 0.25) is 0 Å². The van der Waals surface area contributed by atoms with Crippen molar-refractivity contribution in [2.75, 3.05) is 5.73 Å². The van der Waals surface area contributed by atoms with Gasteiger partial charge < -0.3 is 5.73 Å². The van der Waals surface area contributed by atoms with Crippen LogP contribution in [0.3, 0.4) is 0 Å². The van der Waals surface area contributed by atoms with E-state index in [4.69, 9.17) is 5.73 Å². The molecule has 0 aliphatic heterocycles. The lowest BCUT2D eigenvalue weighted by molar-refractivity contribution is -0.137. The standard InChI is InChI=1S/C13H9F3N4/c14-13(15,16)9-5-2-1-4-8(9)11-18-12-10(17)6-3-7-20(12)19-11/h1-7H,17H2. The second-order valence-electron chi connectivity index (χ2n) is 4.21. The number of nitrogens with two attached hydrogens (primary N) is 1. The van der Waals surface area contributed by atoms with Gasteiger partial charge in [-0.2, -0.15) is 13.2 Å². The van der Waals surface area contributed by atoms with Crippen molar-refractivity contribution in [1.82, 2.24) is 14.6 Å². The molecule has 2 N–H and O–H groups in total. The first-order chi connectivity index (χ1) is 9.47. The van der Waals surface area contributed by atoms with E-state index in [1.165, 1.54) is 22.7 Å². The molecule has 1 aromatic carbocycles. The molecule has 0 atom stereocenters. The number of anilines is 1. The first-order valence-electron chi connectivity index (χ1n) is 5.74. The van der Waals surface area contributed by atoms with Crippen LogP contribution in [-0.4, -0.2) is 14.6 Å². The Morgan fingerprint density at radius 3 is 2.50 bits per heavy atom. The third-order valence-electron chi connectivity index (χ3n) is 2.87. The highest BCUT2D eigenvalue weighted by atomic mass is 19.4. The molecule has 0 fully saturated rings. The van der Waals surface area contributed by atoms with Gasteiger partial charge in [0.1, 0.15) is 0 Å². The summed E-state index contributed by atoms with van der Waals surface area (Å²) in [5, 5.41) is 4.04. The van der Waals surface area contributed by atoms with Crippen molar-refractivity contribution in [2.24, 2.45) is 0 Å². The molecule has 3 aromatic rings. The fourth-order valence-corrected chi connectivity index (χ4v) is 1.97. The summed E-state index contributed by atoms with van der Waals surface area (Å²) in [6.45, 7) is 0. The molecule has 0 spiro atoms. The molecule has 2 heterocycles. The van der Waals surface area contributed by atoms with Crippen molar-refractivity contribution in [3.05, 3.63) is 48.2 Å². The minimum atomic E-state index is -4.46. The molecule has 0 amide bonds. The lowest BCUT2D eigenvalue weighted by Crippen LogP contribution is -2.07. The Morgan fingerprint density at radius 2 is 1.80 bits per heavy atom. The lowest BCUT2D eigenvalue weighted by Gasteiger charge is -2.09. The van der Waals surface area contributed by atoms with Crippen molar-refractivity contribution < 1.29 is 13.2 Å². The van der Waals surface area contributed by atoms with Gasteiger partial charge in [-0.25, -0.2) is 9.50 Å². The summed E-state index contributed by atoms with van der Waals surface area (Å²) >= 11 is 0. The number of benzene rings is 1. The Kier molecular flexibility index (Phi) is 2.63. The number of pyridine rings is 1. The van der Waals surface area contributed by atoms with Crippen molar-refractivity contribution in [3.63, 3.8) is 0 Å². The predicted octanol–water partition coefficient (Wildman–Crippen LogP) is 3.00. The zero-order chi connectivity index (χ0) is 14.3. The van der Waals surface area contributed by atoms with Crippen LogP contribution in [0.25, 0.3) is 17.0 Å². The average molecular weight is 278 g/mol. The fourth-order valence-electron chi connectivity index (χ4n) is 1.97. The summed E-state index contributed by atoms with van der Waals surface area (Å²) in [7, 11) is 0. The molecule has 0 saturated heterocycles. The smallest absolute Gasteiger partial charge is 0.396 e. The van der Waals surface area contributed by atoms with E-state index in [0.29, 0.717) is 11.3 Å². The lowest BCUT2D eigenvalue weighted by atomic mass is 10.1. The second-order valence-corrected chi connectivity index (χ2v) is 4.21. The van der Waals surface area contributed by atoms with Gasteiger partial charge in [-0.3, -0.25) is 0 Å². The first-order valence-corrected chi connectivity index (χ1v) is 5.74. The molecular weight excluding hydrogens is 269 g/mol. The monoisotopic (exact) mass is 278 g/mol. The fraction of sp³-hybridized carbons (Fsp3) is 0.0769. The third kappa shape index (κ3) is 1.97. The van der Waals surface area contributed by atoms with Crippen LogP contribution in [0.5, 0.6) is 0 Å². The van der Waals surface area contributed by atoms with E-state index >= 15 is 0 Å². The summed E-state index contributed by atoms with van der Waals surface area (Å²) in [4.78, 5) is 4.08. The van der Waals surface area contributed by atoms with Crippen LogP contribution in [0, 0.1) is 0 Å². The predicted molar refractivity (Wildman–Crippen MR) is 67.8 cm³/mol. The van der Waals surface area contributed by atoms with Crippen LogP contribution in [0.1, 0.15) is 5.56 Å². The average Bonchev–Trinajstić information content (AvgIpc) is 2.83. The maximum Gasteiger partial charge on any atom is 0.417 e.